The van der Waals surface area contributed by atoms with Crippen molar-refractivity contribution in [3.63, 3.8) is 0 Å². The number of nitrogens with zero attached hydrogens (tertiary/aromatic N) is 1. The monoisotopic (exact) mass is 486 g/mol. The minimum Gasteiger partial charge on any atom is -0.475 e. The number of carbonyl (C=O) groups is 1. The van der Waals surface area contributed by atoms with Crippen molar-refractivity contribution < 1.29 is 31.5 Å². The molecule has 2 N–H and O–H groups in total. The van der Waals surface area contributed by atoms with Crippen molar-refractivity contribution in [2.24, 2.45) is 0 Å². The number of likely N-dealkylation sites (tertiary alicyclic amines) is 1. The van der Waals surface area contributed by atoms with Gasteiger partial charge in [0.15, 0.2) is 0 Å². The Balaban J connectivity index is 0.000000479. The van der Waals surface area contributed by atoms with Crippen LogP contribution in [0.4, 0.5) is 13.2 Å². The van der Waals surface area contributed by atoms with E-state index in [4.69, 9.17) is 9.90 Å². The largest absolute Gasteiger partial charge is 0.490 e. The Morgan fingerprint density at radius 1 is 1.15 bits per heavy atom. The van der Waals surface area contributed by atoms with Crippen molar-refractivity contribution in [3.05, 3.63) is 54.1 Å². The SMILES string of the molecule is CCNS(=O)(=O)c1cccc(-c2ccc(CCN3CCC[C@H]3C)cc2)c1.O=C(O)C(F)(F)F. The van der Waals surface area contributed by atoms with E-state index in [1.807, 2.05) is 6.07 Å². The number of carboxylic acid groups (broad SMARTS) is 1. The van der Waals surface area contributed by atoms with Gasteiger partial charge in [-0.05, 0) is 61.6 Å². The zero-order chi connectivity index (χ0) is 24.6. The Kier molecular flexibility index (Phi) is 9.45. The fraction of sp³-hybridized carbons (Fsp3) is 0.435. The molecule has 0 bridgehead atoms. The molecule has 182 valence electrons. The summed E-state index contributed by atoms with van der Waals surface area (Å²) in [5, 5.41) is 7.12. The molecule has 1 fully saturated rings. The predicted octanol–water partition coefficient (Wildman–Crippen LogP) is 4.31. The lowest BCUT2D eigenvalue weighted by Gasteiger charge is -2.20. The van der Waals surface area contributed by atoms with Crippen molar-refractivity contribution in [1.29, 1.82) is 0 Å². The second kappa shape index (κ2) is 11.6. The quantitative estimate of drug-likeness (QED) is 0.609. The van der Waals surface area contributed by atoms with Gasteiger partial charge >= 0.3 is 12.1 Å². The topological polar surface area (TPSA) is 86.7 Å². The molecule has 0 amide bonds. The normalized spacial score (nSPS) is 16.8. The van der Waals surface area contributed by atoms with Gasteiger partial charge in [0, 0.05) is 19.1 Å². The van der Waals surface area contributed by atoms with Crippen molar-refractivity contribution >= 4 is 16.0 Å². The predicted molar refractivity (Wildman–Crippen MR) is 120 cm³/mol. The first kappa shape index (κ1) is 26.8. The smallest absolute Gasteiger partial charge is 0.475 e. The Morgan fingerprint density at radius 2 is 1.79 bits per heavy atom. The minimum atomic E-state index is -5.08. The summed E-state index contributed by atoms with van der Waals surface area (Å²) in [6.07, 6.45) is -1.41. The molecular formula is C23H29F3N2O4S. The van der Waals surface area contributed by atoms with E-state index >= 15 is 0 Å². The van der Waals surface area contributed by atoms with E-state index in [-0.39, 0.29) is 0 Å². The number of carboxylic acids is 1. The average molecular weight is 487 g/mol. The third kappa shape index (κ3) is 8.13. The standard InChI is InChI=1S/C21H28N2O2S.C2HF3O2/c1-3-22-26(24,25)21-8-4-7-20(16-21)19-11-9-18(10-12-19)13-15-23-14-5-6-17(23)2;3-2(4,5)1(6)7/h4,7-12,16-17,22H,3,5-6,13-15H2,1-2H3;(H,6,7)/t17-;/m1./s1. The molecular weight excluding hydrogens is 457 g/mol. The third-order valence-electron chi connectivity index (χ3n) is 5.39. The maximum Gasteiger partial charge on any atom is 0.490 e. The zero-order valence-corrected chi connectivity index (χ0v) is 19.4. The molecule has 1 heterocycles. The molecule has 10 heteroatoms. The zero-order valence-electron chi connectivity index (χ0n) is 18.6. The molecule has 6 nitrogen and oxygen atoms in total. The molecule has 2 aromatic carbocycles. The van der Waals surface area contributed by atoms with Gasteiger partial charge in [0.25, 0.3) is 0 Å². The highest BCUT2D eigenvalue weighted by Gasteiger charge is 2.38. The number of hydrogen-bond acceptors (Lipinski definition) is 4. The molecule has 3 rings (SSSR count). The highest BCUT2D eigenvalue weighted by atomic mass is 32.2. The average Bonchev–Trinajstić information content (AvgIpc) is 3.17. The molecule has 0 unspecified atom stereocenters. The first-order valence-corrected chi connectivity index (χ1v) is 12.2. The van der Waals surface area contributed by atoms with Crippen LogP contribution in [0.1, 0.15) is 32.3 Å². The molecule has 1 aliphatic rings. The van der Waals surface area contributed by atoms with Crippen LogP contribution in [-0.2, 0) is 21.2 Å². The summed E-state index contributed by atoms with van der Waals surface area (Å²) in [5.74, 6) is -2.76. The Morgan fingerprint density at radius 3 is 2.30 bits per heavy atom. The summed E-state index contributed by atoms with van der Waals surface area (Å²) in [7, 11) is -3.43. The van der Waals surface area contributed by atoms with Crippen molar-refractivity contribution in [2.45, 2.75) is 50.2 Å². The van der Waals surface area contributed by atoms with Crippen molar-refractivity contribution in [1.82, 2.24) is 9.62 Å². The number of sulfonamides is 1. The highest BCUT2D eigenvalue weighted by Crippen LogP contribution is 2.24. The Bertz CT molecular complexity index is 1020. The molecule has 1 aliphatic heterocycles. The third-order valence-corrected chi connectivity index (χ3v) is 6.93. The molecule has 0 radical (unpaired) electrons. The van der Waals surface area contributed by atoms with Crippen LogP contribution in [0.15, 0.2) is 53.4 Å². The maximum atomic E-state index is 12.2. The summed E-state index contributed by atoms with van der Waals surface area (Å²) in [5.41, 5.74) is 3.28. The van der Waals surface area contributed by atoms with E-state index in [1.54, 1.807) is 25.1 Å². The van der Waals surface area contributed by atoms with Gasteiger partial charge in [-0.25, -0.2) is 17.9 Å². The molecule has 1 saturated heterocycles. The lowest BCUT2D eigenvalue weighted by atomic mass is 10.0. The molecule has 0 aromatic heterocycles. The van der Waals surface area contributed by atoms with Crippen molar-refractivity contribution in [2.75, 3.05) is 19.6 Å². The van der Waals surface area contributed by atoms with Crippen LogP contribution in [0, 0.1) is 0 Å². The molecule has 0 spiro atoms. The van der Waals surface area contributed by atoms with Gasteiger partial charge in [0.2, 0.25) is 10.0 Å². The Hall–Kier alpha value is -2.43. The van der Waals surface area contributed by atoms with Crippen LogP contribution in [0.2, 0.25) is 0 Å². The second-order valence-corrected chi connectivity index (χ2v) is 9.57. The molecule has 0 saturated carbocycles. The van der Waals surface area contributed by atoms with Gasteiger partial charge in [0.1, 0.15) is 0 Å². The summed E-state index contributed by atoms with van der Waals surface area (Å²) in [4.78, 5) is 11.8. The van der Waals surface area contributed by atoms with Gasteiger partial charge in [-0.1, -0.05) is 43.3 Å². The van der Waals surface area contributed by atoms with E-state index < -0.39 is 22.2 Å². The Labute approximate surface area is 192 Å². The number of aliphatic carboxylic acids is 1. The summed E-state index contributed by atoms with van der Waals surface area (Å²) >= 11 is 0. The number of hydrogen-bond donors (Lipinski definition) is 2. The molecule has 0 aliphatic carbocycles. The van der Waals surface area contributed by atoms with Crippen LogP contribution in [0.5, 0.6) is 0 Å². The van der Waals surface area contributed by atoms with Crippen LogP contribution in [-0.4, -0.2) is 56.2 Å². The van der Waals surface area contributed by atoms with E-state index in [0.29, 0.717) is 17.5 Å². The number of alkyl halides is 3. The van der Waals surface area contributed by atoms with E-state index in [0.717, 1.165) is 24.1 Å². The lowest BCUT2D eigenvalue weighted by molar-refractivity contribution is -0.192. The van der Waals surface area contributed by atoms with Gasteiger partial charge < -0.3 is 10.0 Å². The lowest BCUT2D eigenvalue weighted by Crippen LogP contribution is -2.28. The number of nitrogens with one attached hydrogen (secondary N) is 1. The fourth-order valence-electron chi connectivity index (χ4n) is 3.58. The van der Waals surface area contributed by atoms with Crippen LogP contribution >= 0.6 is 0 Å². The number of rotatable bonds is 7. The van der Waals surface area contributed by atoms with E-state index in [1.165, 1.54) is 24.9 Å². The molecule has 2 aromatic rings. The minimum absolute atomic E-state index is 0.309. The van der Waals surface area contributed by atoms with Gasteiger partial charge in [-0.15, -0.1) is 0 Å². The van der Waals surface area contributed by atoms with Gasteiger partial charge in [0.05, 0.1) is 4.90 Å². The van der Waals surface area contributed by atoms with E-state index in [9.17, 15) is 21.6 Å². The van der Waals surface area contributed by atoms with E-state index in [2.05, 4.69) is 40.8 Å². The van der Waals surface area contributed by atoms with Crippen LogP contribution in [0.25, 0.3) is 11.1 Å². The summed E-state index contributed by atoms with van der Waals surface area (Å²) in [6.45, 7) is 6.80. The molecule has 33 heavy (non-hydrogen) atoms. The summed E-state index contributed by atoms with van der Waals surface area (Å²) in [6, 6.07) is 16.3. The van der Waals surface area contributed by atoms with Crippen molar-refractivity contribution in [3.8, 4) is 11.1 Å². The van der Waals surface area contributed by atoms with Gasteiger partial charge in [-0.2, -0.15) is 13.2 Å². The molecule has 1 atom stereocenters. The first-order valence-electron chi connectivity index (χ1n) is 10.7. The number of benzene rings is 2. The summed E-state index contributed by atoms with van der Waals surface area (Å²) < 4.78 is 58.7. The maximum absolute atomic E-state index is 12.2. The van der Waals surface area contributed by atoms with Gasteiger partial charge in [-0.3, -0.25) is 0 Å². The fourth-order valence-corrected chi connectivity index (χ4v) is 4.66. The van der Waals surface area contributed by atoms with Crippen LogP contribution < -0.4 is 4.72 Å². The highest BCUT2D eigenvalue weighted by molar-refractivity contribution is 7.89. The van der Waals surface area contributed by atoms with Crippen LogP contribution in [0.3, 0.4) is 0 Å². The number of halogens is 3. The first-order chi connectivity index (χ1) is 15.4. The second-order valence-electron chi connectivity index (χ2n) is 7.81.